The largest absolute Gasteiger partial charge is 0.422 e. The van der Waals surface area contributed by atoms with Crippen LogP contribution in [-0.2, 0) is 5.54 Å². The van der Waals surface area contributed by atoms with E-state index in [-0.39, 0.29) is 5.54 Å². The van der Waals surface area contributed by atoms with E-state index >= 15 is 0 Å². The predicted molar refractivity (Wildman–Crippen MR) is 69.1 cm³/mol. The molecule has 0 spiro atoms. The van der Waals surface area contributed by atoms with Crippen LogP contribution in [0.25, 0.3) is 10.9 Å². The highest BCUT2D eigenvalue weighted by Crippen LogP contribution is 2.39. The van der Waals surface area contributed by atoms with E-state index in [4.69, 9.17) is 4.42 Å². The molecule has 0 saturated carbocycles. The Balaban J connectivity index is 2.64. The zero-order valence-corrected chi connectivity index (χ0v) is 10.7. The van der Waals surface area contributed by atoms with Gasteiger partial charge in [0, 0.05) is 5.54 Å². The van der Waals surface area contributed by atoms with Gasteiger partial charge in [0.15, 0.2) is 0 Å². The molecule has 1 aliphatic heterocycles. The van der Waals surface area contributed by atoms with Crippen LogP contribution >= 0.6 is 0 Å². The Bertz CT molecular complexity index is 752. The molecular formula is C14H15NO3. The van der Waals surface area contributed by atoms with E-state index < -0.39 is 11.4 Å². The highest BCUT2D eigenvalue weighted by atomic mass is 16.4. The smallest absolute Gasteiger partial charge is 0.372 e. The Kier molecular flexibility index (Phi) is 2.09. The van der Waals surface area contributed by atoms with Crippen LogP contribution in [0.2, 0.25) is 0 Å². The molecule has 0 unspecified atom stereocenters. The van der Waals surface area contributed by atoms with Gasteiger partial charge >= 0.3 is 11.4 Å². The Morgan fingerprint density at radius 2 is 2.06 bits per heavy atom. The zero-order chi connectivity index (χ0) is 13.1. The number of para-hydroxylation sites is 1. The summed E-state index contributed by atoms with van der Waals surface area (Å²) in [6, 6.07) is 5.55. The Hall–Kier alpha value is -1.84. The first-order valence-electron chi connectivity index (χ1n) is 6.11. The zero-order valence-electron chi connectivity index (χ0n) is 10.7. The summed E-state index contributed by atoms with van der Waals surface area (Å²) in [7, 11) is 0. The molecule has 2 aromatic rings. The van der Waals surface area contributed by atoms with Crippen LogP contribution in [0.4, 0.5) is 0 Å². The summed E-state index contributed by atoms with van der Waals surface area (Å²) in [5.41, 5.74) is 0.914. The normalized spacial score (nSPS) is 21.2. The number of aromatic nitrogens is 1. The number of nitrogens with zero attached hydrogens (tertiary/aromatic N) is 1. The lowest BCUT2D eigenvalue weighted by atomic mass is 9.82. The molecule has 18 heavy (non-hydrogen) atoms. The van der Waals surface area contributed by atoms with Crippen molar-refractivity contribution < 1.29 is 4.42 Å². The molecule has 0 fully saturated rings. The number of hydrogen-bond donors (Lipinski definition) is 0. The van der Waals surface area contributed by atoms with Crippen LogP contribution in [0.3, 0.4) is 0 Å². The van der Waals surface area contributed by atoms with Crippen LogP contribution in [0.1, 0.15) is 38.7 Å². The maximum absolute atomic E-state index is 12.0. The summed E-state index contributed by atoms with van der Waals surface area (Å²) in [6.07, 6.45) is 0.854. The van der Waals surface area contributed by atoms with E-state index in [1.165, 1.54) is 0 Å². The van der Waals surface area contributed by atoms with E-state index in [0.717, 1.165) is 17.5 Å². The first kappa shape index (κ1) is 11.3. The highest BCUT2D eigenvalue weighted by molar-refractivity contribution is 5.82. The third-order valence-electron chi connectivity index (χ3n) is 3.82. The van der Waals surface area contributed by atoms with Crippen LogP contribution in [-0.4, -0.2) is 4.57 Å². The van der Waals surface area contributed by atoms with Crippen molar-refractivity contribution in [2.24, 2.45) is 0 Å². The van der Waals surface area contributed by atoms with Gasteiger partial charge < -0.3 is 4.42 Å². The molecule has 94 valence electrons. The molecule has 4 nitrogen and oxygen atoms in total. The summed E-state index contributed by atoms with van der Waals surface area (Å²) < 4.78 is 6.45. The van der Waals surface area contributed by atoms with Crippen molar-refractivity contribution in [3.05, 3.63) is 44.7 Å². The Morgan fingerprint density at radius 3 is 2.78 bits per heavy atom. The third-order valence-corrected chi connectivity index (χ3v) is 3.82. The first-order chi connectivity index (χ1) is 8.42. The molecule has 2 heterocycles. The number of benzene rings is 1. The van der Waals surface area contributed by atoms with Crippen LogP contribution in [0.5, 0.6) is 0 Å². The molecular weight excluding hydrogens is 230 g/mol. The summed E-state index contributed by atoms with van der Waals surface area (Å²) in [6.45, 7) is 6.12. The topological polar surface area (TPSA) is 52.2 Å². The second-order valence-electron chi connectivity index (χ2n) is 5.65. The molecule has 1 aliphatic rings. The molecule has 0 amide bonds. The van der Waals surface area contributed by atoms with E-state index in [1.54, 1.807) is 10.6 Å². The standard InChI is InChI=1S/C14H15NO3/c1-8-7-14(2,3)15-11-9(8)5-4-6-10(11)12(16)18-13(15)17/h4-6,8H,7H2,1-3H3/t8-/m1/s1. The lowest BCUT2D eigenvalue weighted by Gasteiger charge is -2.36. The van der Waals surface area contributed by atoms with Gasteiger partial charge in [0.05, 0.1) is 10.9 Å². The van der Waals surface area contributed by atoms with Crippen molar-refractivity contribution in [2.45, 2.75) is 38.6 Å². The molecule has 1 aromatic carbocycles. The molecule has 4 heteroatoms. The average Bonchev–Trinajstić information content (AvgIpc) is 2.26. The van der Waals surface area contributed by atoms with Gasteiger partial charge in [-0.05, 0) is 37.8 Å². The van der Waals surface area contributed by atoms with Gasteiger partial charge in [0.2, 0.25) is 0 Å². The van der Waals surface area contributed by atoms with Gasteiger partial charge in [0.25, 0.3) is 0 Å². The second-order valence-corrected chi connectivity index (χ2v) is 5.65. The van der Waals surface area contributed by atoms with Crippen molar-refractivity contribution in [3.63, 3.8) is 0 Å². The fourth-order valence-electron chi connectivity index (χ4n) is 3.14. The maximum atomic E-state index is 12.0. The highest BCUT2D eigenvalue weighted by Gasteiger charge is 2.34. The van der Waals surface area contributed by atoms with Crippen LogP contribution < -0.4 is 11.4 Å². The summed E-state index contributed by atoms with van der Waals surface area (Å²) in [5.74, 6) is -0.234. The van der Waals surface area contributed by atoms with Gasteiger partial charge in [-0.15, -0.1) is 0 Å². The fraction of sp³-hybridized carbons (Fsp3) is 0.429. The first-order valence-corrected chi connectivity index (χ1v) is 6.11. The number of rotatable bonds is 0. The number of hydrogen-bond acceptors (Lipinski definition) is 3. The van der Waals surface area contributed by atoms with Crippen molar-refractivity contribution in [1.29, 1.82) is 0 Å². The minimum atomic E-state index is -0.558. The SMILES string of the molecule is C[C@@H]1CC(C)(C)n2c(=O)oc(=O)c3cccc1c32. The van der Waals surface area contributed by atoms with Crippen LogP contribution in [0.15, 0.2) is 32.2 Å². The second kappa shape index (κ2) is 3.34. The predicted octanol–water partition coefficient (Wildman–Crippen LogP) is 2.20. The molecule has 0 radical (unpaired) electrons. The van der Waals surface area contributed by atoms with Gasteiger partial charge in [-0.1, -0.05) is 19.1 Å². The Morgan fingerprint density at radius 1 is 1.33 bits per heavy atom. The van der Waals surface area contributed by atoms with Crippen molar-refractivity contribution in [1.82, 2.24) is 4.57 Å². The van der Waals surface area contributed by atoms with Gasteiger partial charge in [0.1, 0.15) is 0 Å². The third kappa shape index (κ3) is 1.32. The van der Waals surface area contributed by atoms with E-state index in [0.29, 0.717) is 11.3 Å². The average molecular weight is 245 g/mol. The molecule has 1 aromatic heterocycles. The van der Waals surface area contributed by atoms with E-state index in [9.17, 15) is 9.59 Å². The van der Waals surface area contributed by atoms with Crippen molar-refractivity contribution >= 4 is 10.9 Å². The quantitative estimate of drug-likeness (QED) is 0.715. The monoisotopic (exact) mass is 245 g/mol. The molecule has 0 N–H and O–H groups in total. The van der Waals surface area contributed by atoms with Gasteiger partial charge in [-0.3, -0.25) is 4.57 Å². The minimum Gasteiger partial charge on any atom is -0.372 e. The maximum Gasteiger partial charge on any atom is 0.422 e. The molecule has 0 aliphatic carbocycles. The van der Waals surface area contributed by atoms with Gasteiger partial charge in [-0.2, -0.15) is 0 Å². The molecule has 3 rings (SSSR count). The molecule has 0 saturated heterocycles. The van der Waals surface area contributed by atoms with E-state index in [2.05, 4.69) is 6.92 Å². The fourth-order valence-corrected chi connectivity index (χ4v) is 3.14. The van der Waals surface area contributed by atoms with Crippen molar-refractivity contribution in [2.75, 3.05) is 0 Å². The molecule has 0 bridgehead atoms. The lowest BCUT2D eigenvalue weighted by molar-refractivity contribution is 0.256. The van der Waals surface area contributed by atoms with Crippen LogP contribution in [0, 0.1) is 0 Å². The summed E-state index contributed by atoms with van der Waals surface area (Å²) in [5, 5.41) is 0.492. The minimum absolute atomic E-state index is 0.324. The van der Waals surface area contributed by atoms with E-state index in [1.807, 2.05) is 26.0 Å². The molecule has 1 atom stereocenters. The van der Waals surface area contributed by atoms with Crippen molar-refractivity contribution in [3.8, 4) is 0 Å². The van der Waals surface area contributed by atoms with Gasteiger partial charge in [-0.25, -0.2) is 9.59 Å². The summed E-state index contributed by atoms with van der Waals surface area (Å²) >= 11 is 0. The lowest BCUT2D eigenvalue weighted by Crippen LogP contribution is -2.42. The Labute approximate surface area is 104 Å². The summed E-state index contributed by atoms with van der Waals surface area (Å²) in [4.78, 5) is 23.8.